The van der Waals surface area contributed by atoms with E-state index in [1.165, 1.54) is 83.5 Å². The second-order valence-corrected chi connectivity index (χ2v) is 13.7. The number of carbonyl (C=O) groups excluding carboxylic acids is 2. The van der Waals surface area contributed by atoms with E-state index in [4.69, 9.17) is 9.47 Å². The van der Waals surface area contributed by atoms with Crippen molar-refractivity contribution in [1.29, 1.82) is 0 Å². The van der Waals surface area contributed by atoms with Gasteiger partial charge in [0.25, 0.3) is 0 Å². The number of benzene rings is 2. The maximum atomic E-state index is 13.5. The molecule has 3 aromatic rings. The monoisotopic (exact) mass is 689 g/mol. The highest BCUT2D eigenvalue weighted by Gasteiger charge is 2.37. The number of nitrogens with zero attached hydrogens (tertiary/aromatic N) is 3. The molecule has 276 valence electrons. The van der Waals surface area contributed by atoms with Crippen LogP contribution in [0.1, 0.15) is 168 Å². The van der Waals surface area contributed by atoms with Crippen LogP contribution in [0, 0.1) is 0 Å². The highest BCUT2D eigenvalue weighted by molar-refractivity contribution is 5.90. The third kappa shape index (κ3) is 15.6. The number of hydrogen-bond donors (Lipinski definition) is 1. The summed E-state index contributed by atoms with van der Waals surface area (Å²) in [6.45, 7) is 4.10. The third-order valence-corrected chi connectivity index (χ3v) is 9.48. The minimum absolute atomic E-state index is 0.371. The van der Waals surface area contributed by atoms with Gasteiger partial charge in [0.15, 0.2) is 6.10 Å². The van der Waals surface area contributed by atoms with Gasteiger partial charge < -0.3 is 14.6 Å². The molecular formula is C42H63N3O5. The molecule has 0 saturated heterocycles. The molecule has 1 N–H and O–H groups in total. The number of ether oxygens (including phenoxy) is 2. The third-order valence-electron chi connectivity index (χ3n) is 9.48. The molecule has 3 atom stereocenters. The quantitative estimate of drug-likeness (QED) is 0.0598. The van der Waals surface area contributed by atoms with Crippen molar-refractivity contribution >= 4 is 11.9 Å². The number of unbranched alkanes of at least 4 members (excludes halogenated alkanes) is 16. The maximum absolute atomic E-state index is 13.5. The van der Waals surface area contributed by atoms with Crippen LogP contribution in [0.3, 0.4) is 0 Å². The van der Waals surface area contributed by atoms with E-state index in [9.17, 15) is 14.7 Å². The van der Waals surface area contributed by atoms with Crippen LogP contribution >= 0.6 is 0 Å². The minimum atomic E-state index is -0.989. The maximum Gasteiger partial charge on any atom is 0.338 e. The number of aliphatic hydroxyl groups is 1. The van der Waals surface area contributed by atoms with Crippen molar-refractivity contribution in [2.45, 2.75) is 161 Å². The Morgan fingerprint density at radius 1 is 0.640 bits per heavy atom. The first-order valence-electron chi connectivity index (χ1n) is 19.6. The first-order valence-corrected chi connectivity index (χ1v) is 19.6. The molecule has 0 radical (unpaired) electrons. The lowest BCUT2D eigenvalue weighted by atomic mass is 9.98. The average Bonchev–Trinajstić information content (AvgIpc) is 3.62. The highest BCUT2D eigenvalue weighted by atomic mass is 16.6. The lowest BCUT2D eigenvalue weighted by Crippen LogP contribution is -2.43. The summed E-state index contributed by atoms with van der Waals surface area (Å²) in [7, 11) is 0. The van der Waals surface area contributed by atoms with Gasteiger partial charge in [-0.3, -0.25) is 0 Å². The van der Waals surface area contributed by atoms with E-state index in [0.29, 0.717) is 17.5 Å². The Bertz CT molecular complexity index is 1300. The van der Waals surface area contributed by atoms with Crippen LogP contribution in [0.2, 0.25) is 0 Å². The number of rotatable bonds is 28. The Balaban J connectivity index is 1.72. The molecule has 3 rings (SSSR count). The zero-order valence-corrected chi connectivity index (χ0v) is 30.9. The topological polar surface area (TPSA) is 104 Å². The molecular weight excluding hydrogens is 626 g/mol. The predicted molar refractivity (Wildman–Crippen MR) is 200 cm³/mol. The zero-order valence-electron chi connectivity index (χ0n) is 30.9. The van der Waals surface area contributed by atoms with E-state index in [0.717, 1.165) is 44.2 Å². The second-order valence-electron chi connectivity index (χ2n) is 13.7. The fourth-order valence-corrected chi connectivity index (χ4v) is 6.44. The number of hydrogen-bond acceptors (Lipinski definition) is 7. The SMILES string of the molecule is CCCCCCCCCCCCCC[C@@H](OC(=O)c1ccccc1)[C@@H](OC(=O)c1ccccc1)[C@H](CO)n1cc(CCCCCCCC)nn1. The van der Waals surface area contributed by atoms with E-state index in [-0.39, 0.29) is 6.61 Å². The Labute approximate surface area is 301 Å². The molecule has 8 heteroatoms. The molecule has 1 heterocycles. The molecule has 0 amide bonds. The molecule has 1 aromatic heterocycles. The largest absolute Gasteiger partial charge is 0.455 e. The fraction of sp³-hybridized carbons (Fsp3) is 0.619. The van der Waals surface area contributed by atoms with Crippen LogP contribution in [0.5, 0.6) is 0 Å². The predicted octanol–water partition coefficient (Wildman–Crippen LogP) is 10.3. The van der Waals surface area contributed by atoms with E-state index < -0.39 is 30.2 Å². The van der Waals surface area contributed by atoms with Gasteiger partial charge in [0.2, 0.25) is 0 Å². The van der Waals surface area contributed by atoms with Gasteiger partial charge in [-0.05, 0) is 49.9 Å². The van der Waals surface area contributed by atoms with Crippen molar-refractivity contribution in [2.24, 2.45) is 0 Å². The van der Waals surface area contributed by atoms with Crippen LogP contribution in [0.25, 0.3) is 0 Å². The minimum Gasteiger partial charge on any atom is -0.455 e. The van der Waals surface area contributed by atoms with Crippen LogP contribution in [-0.4, -0.2) is 50.9 Å². The summed E-state index contributed by atoms with van der Waals surface area (Å²) in [6, 6.07) is 16.8. The smallest absolute Gasteiger partial charge is 0.338 e. The lowest BCUT2D eigenvalue weighted by molar-refractivity contribution is -0.0663. The van der Waals surface area contributed by atoms with Crippen LogP contribution in [-0.2, 0) is 15.9 Å². The Hall–Kier alpha value is -3.52. The van der Waals surface area contributed by atoms with Crippen molar-refractivity contribution in [3.63, 3.8) is 0 Å². The molecule has 8 nitrogen and oxygen atoms in total. The second kappa shape index (κ2) is 25.4. The van der Waals surface area contributed by atoms with Gasteiger partial charge in [-0.1, -0.05) is 158 Å². The lowest BCUT2D eigenvalue weighted by Gasteiger charge is -2.32. The Kier molecular flexibility index (Phi) is 20.8. The molecule has 0 fully saturated rings. The number of aliphatic hydroxyl groups excluding tert-OH is 1. The standard InChI is InChI=1S/C42H63N3O5/c1-3-5-7-9-11-12-13-14-15-16-18-26-32-39(49-41(47)35-27-21-19-22-28-35)40(50-42(48)36-29-23-20-24-30-36)38(34-46)45-33-37(43-44-45)31-25-17-10-8-6-4-2/h19-24,27-30,33,38-40,46H,3-18,25-26,31-32,34H2,1-2H3/t38-,39+,40-/m0/s1. The molecule has 0 saturated carbocycles. The van der Waals surface area contributed by atoms with Crippen molar-refractivity contribution in [2.75, 3.05) is 6.61 Å². The summed E-state index contributed by atoms with van der Waals surface area (Å²) in [6.07, 6.45) is 22.9. The summed E-state index contributed by atoms with van der Waals surface area (Å²) in [5.74, 6) is -1.04. The van der Waals surface area contributed by atoms with Crippen molar-refractivity contribution in [3.05, 3.63) is 83.7 Å². The summed E-state index contributed by atoms with van der Waals surface area (Å²) in [5.41, 5.74) is 1.63. The number of aryl methyl sites for hydroxylation is 1. The summed E-state index contributed by atoms with van der Waals surface area (Å²) in [4.78, 5) is 26.9. The zero-order chi connectivity index (χ0) is 35.7. The summed E-state index contributed by atoms with van der Waals surface area (Å²) in [5, 5.41) is 19.6. The first-order chi connectivity index (χ1) is 24.6. The van der Waals surface area contributed by atoms with E-state index in [1.807, 2.05) is 18.3 Å². The normalized spacial score (nSPS) is 13.1. The molecule has 0 spiro atoms. The molecule has 0 aliphatic carbocycles. The van der Waals surface area contributed by atoms with Gasteiger partial charge in [0.05, 0.1) is 23.4 Å². The summed E-state index contributed by atoms with van der Waals surface area (Å²) >= 11 is 0. The van der Waals surface area contributed by atoms with Crippen molar-refractivity contribution in [1.82, 2.24) is 15.0 Å². The van der Waals surface area contributed by atoms with Gasteiger partial charge in [0, 0.05) is 6.20 Å². The van der Waals surface area contributed by atoms with Gasteiger partial charge in [-0.25, -0.2) is 14.3 Å². The van der Waals surface area contributed by atoms with E-state index in [2.05, 4.69) is 24.2 Å². The molecule has 0 aliphatic rings. The van der Waals surface area contributed by atoms with Crippen LogP contribution < -0.4 is 0 Å². The van der Waals surface area contributed by atoms with Crippen LogP contribution in [0.4, 0.5) is 0 Å². The van der Waals surface area contributed by atoms with Gasteiger partial charge >= 0.3 is 11.9 Å². The van der Waals surface area contributed by atoms with Crippen molar-refractivity contribution in [3.8, 4) is 0 Å². The number of carbonyl (C=O) groups is 2. The number of esters is 2. The first kappa shape index (κ1) is 40.9. The highest BCUT2D eigenvalue weighted by Crippen LogP contribution is 2.27. The van der Waals surface area contributed by atoms with Crippen molar-refractivity contribution < 1.29 is 24.2 Å². The fourth-order valence-electron chi connectivity index (χ4n) is 6.44. The van der Waals surface area contributed by atoms with Crippen LogP contribution in [0.15, 0.2) is 66.9 Å². The molecule has 50 heavy (non-hydrogen) atoms. The Morgan fingerprint density at radius 2 is 1.10 bits per heavy atom. The molecule has 0 bridgehead atoms. The van der Waals surface area contributed by atoms with E-state index in [1.54, 1.807) is 53.2 Å². The Morgan fingerprint density at radius 3 is 1.60 bits per heavy atom. The van der Waals surface area contributed by atoms with Gasteiger partial charge in [0.1, 0.15) is 12.1 Å². The molecule has 0 unspecified atom stereocenters. The molecule has 2 aromatic carbocycles. The summed E-state index contributed by atoms with van der Waals surface area (Å²) < 4.78 is 13.9. The van der Waals surface area contributed by atoms with E-state index >= 15 is 0 Å². The van der Waals surface area contributed by atoms with Gasteiger partial charge in [-0.15, -0.1) is 5.10 Å². The average molecular weight is 690 g/mol. The molecule has 0 aliphatic heterocycles. The van der Waals surface area contributed by atoms with Gasteiger partial charge in [-0.2, -0.15) is 0 Å². The number of aromatic nitrogens is 3.